The van der Waals surface area contributed by atoms with Crippen molar-refractivity contribution in [3.63, 3.8) is 0 Å². The van der Waals surface area contributed by atoms with Crippen molar-refractivity contribution in [2.24, 2.45) is 0 Å². The Morgan fingerprint density at radius 3 is 2.69 bits per heavy atom. The van der Waals surface area contributed by atoms with Gasteiger partial charge in [0.2, 0.25) is 5.95 Å². The topological polar surface area (TPSA) is 72.9 Å². The number of thiophene rings is 1. The predicted octanol–water partition coefficient (Wildman–Crippen LogP) is 4.66. The lowest BCUT2D eigenvalue weighted by molar-refractivity contribution is 0.425. The molecule has 0 aliphatic carbocycles. The van der Waals surface area contributed by atoms with Gasteiger partial charge in [-0.25, -0.2) is 0 Å². The number of rotatable bonds is 6. The third-order valence-corrected chi connectivity index (χ3v) is 6.44. The second-order valence-corrected chi connectivity index (χ2v) is 8.54. The number of thioether (sulfide) groups is 1. The summed E-state index contributed by atoms with van der Waals surface area (Å²) in [6.07, 6.45) is 3.67. The third kappa shape index (κ3) is 3.92. The Kier molecular flexibility index (Phi) is 5.31. The van der Waals surface area contributed by atoms with E-state index >= 15 is 0 Å². The second-order valence-electron chi connectivity index (χ2n) is 6.82. The normalized spacial score (nSPS) is 14.4. The van der Waals surface area contributed by atoms with Crippen LogP contribution in [-0.2, 0) is 5.75 Å². The molecule has 9 heteroatoms. The van der Waals surface area contributed by atoms with Crippen LogP contribution in [0.1, 0.15) is 25.1 Å². The zero-order valence-electron chi connectivity index (χ0n) is 15.8. The highest BCUT2D eigenvalue weighted by atomic mass is 32.2. The lowest BCUT2D eigenvalue weighted by atomic mass is 10.1. The summed E-state index contributed by atoms with van der Waals surface area (Å²) in [4.78, 5) is 6.84. The van der Waals surface area contributed by atoms with Gasteiger partial charge in [0.15, 0.2) is 11.0 Å². The van der Waals surface area contributed by atoms with Crippen LogP contribution in [0.25, 0.3) is 17.1 Å². The molecule has 7 nitrogen and oxygen atoms in total. The van der Waals surface area contributed by atoms with E-state index in [1.807, 2.05) is 35.0 Å². The van der Waals surface area contributed by atoms with E-state index in [2.05, 4.69) is 41.9 Å². The number of piperidine rings is 1. The van der Waals surface area contributed by atoms with E-state index in [9.17, 15) is 0 Å². The highest BCUT2D eigenvalue weighted by Crippen LogP contribution is 2.30. The lowest BCUT2D eigenvalue weighted by Crippen LogP contribution is -2.31. The summed E-state index contributed by atoms with van der Waals surface area (Å²) in [6.45, 7) is 2.04. The predicted molar refractivity (Wildman–Crippen MR) is 115 cm³/mol. The van der Waals surface area contributed by atoms with Gasteiger partial charge in [-0.3, -0.25) is 4.57 Å². The summed E-state index contributed by atoms with van der Waals surface area (Å²) in [7, 11) is 0. The van der Waals surface area contributed by atoms with Crippen LogP contribution in [0.5, 0.6) is 0 Å². The first-order valence-corrected chi connectivity index (χ1v) is 11.5. The molecule has 1 fully saturated rings. The van der Waals surface area contributed by atoms with Gasteiger partial charge < -0.3 is 9.42 Å². The third-order valence-electron chi connectivity index (χ3n) is 4.84. The molecule has 1 aromatic carbocycles. The van der Waals surface area contributed by atoms with Crippen LogP contribution in [0.4, 0.5) is 5.95 Å². The number of aromatic nitrogens is 5. The lowest BCUT2D eigenvalue weighted by Gasteiger charge is -2.27. The van der Waals surface area contributed by atoms with E-state index in [1.54, 1.807) is 23.1 Å². The van der Waals surface area contributed by atoms with Gasteiger partial charge in [0.1, 0.15) is 0 Å². The summed E-state index contributed by atoms with van der Waals surface area (Å²) in [5, 5.41) is 18.0. The van der Waals surface area contributed by atoms with Gasteiger partial charge in [0.05, 0.1) is 17.0 Å². The van der Waals surface area contributed by atoms with Gasteiger partial charge in [-0.2, -0.15) is 16.3 Å². The molecule has 148 valence electrons. The highest BCUT2D eigenvalue weighted by molar-refractivity contribution is 7.98. The highest BCUT2D eigenvalue weighted by Gasteiger charge is 2.22. The number of para-hydroxylation sites is 1. The molecule has 0 N–H and O–H groups in total. The average molecular weight is 425 g/mol. The van der Waals surface area contributed by atoms with Crippen LogP contribution in [0.3, 0.4) is 0 Å². The molecule has 1 saturated heterocycles. The molecule has 0 spiro atoms. The van der Waals surface area contributed by atoms with Crippen molar-refractivity contribution < 1.29 is 4.52 Å². The first kappa shape index (κ1) is 18.4. The van der Waals surface area contributed by atoms with Crippen molar-refractivity contribution >= 4 is 29.0 Å². The Hall–Kier alpha value is -2.65. The number of hydrogen-bond acceptors (Lipinski definition) is 8. The van der Waals surface area contributed by atoms with E-state index in [1.165, 1.54) is 19.3 Å². The van der Waals surface area contributed by atoms with E-state index in [4.69, 9.17) is 4.52 Å². The molecular formula is C20H20N6OS2. The molecule has 0 bridgehead atoms. The smallest absolute Gasteiger partial charge is 0.258 e. The molecule has 0 amide bonds. The maximum atomic E-state index is 5.39. The quantitative estimate of drug-likeness (QED) is 0.417. The molecule has 1 aliphatic heterocycles. The summed E-state index contributed by atoms with van der Waals surface area (Å²) in [6, 6.07) is 12.2. The van der Waals surface area contributed by atoms with Crippen LogP contribution in [-0.4, -0.2) is 38.0 Å². The Labute approximate surface area is 176 Å². The van der Waals surface area contributed by atoms with Crippen molar-refractivity contribution in [3.8, 4) is 17.1 Å². The van der Waals surface area contributed by atoms with E-state index in [0.29, 0.717) is 17.5 Å². The van der Waals surface area contributed by atoms with Crippen molar-refractivity contribution in [3.05, 3.63) is 53.0 Å². The first-order chi connectivity index (χ1) is 14.4. The molecule has 3 aromatic heterocycles. The van der Waals surface area contributed by atoms with E-state index < -0.39 is 0 Å². The molecule has 29 heavy (non-hydrogen) atoms. The molecule has 5 rings (SSSR count). The molecule has 0 unspecified atom stereocenters. The first-order valence-electron chi connectivity index (χ1n) is 9.62. The number of hydrogen-bond donors (Lipinski definition) is 0. The summed E-state index contributed by atoms with van der Waals surface area (Å²) >= 11 is 3.18. The zero-order chi connectivity index (χ0) is 19.5. The fourth-order valence-electron chi connectivity index (χ4n) is 3.40. The maximum absolute atomic E-state index is 5.39. The van der Waals surface area contributed by atoms with E-state index in [0.717, 1.165) is 35.4 Å². The minimum atomic E-state index is 0.556. The molecule has 0 atom stereocenters. The molecule has 0 saturated carbocycles. The fraction of sp³-hybridized carbons (Fsp3) is 0.300. The Bertz CT molecular complexity index is 1050. The molecule has 0 radical (unpaired) electrons. The summed E-state index contributed by atoms with van der Waals surface area (Å²) < 4.78 is 7.53. The molecule has 4 aromatic rings. The largest absolute Gasteiger partial charge is 0.341 e. The van der Waals surface area contributed by atoms with E-state index in [-0.39, 0.29) is 0 Å². The van der Waals surface area contributed by atoms with Gasteiger partial charge in [-0.15, -0.1) is 10.2 Å². The number of benzene rings is 1. The standard InChI is InChI=1S/C20H20N6OS2/c1-3-7-16(8-4-1)26-19(25-10-5-2-6-11-25)22-23-20(26)29-14-17-21-18(27-24-17)15-9-12-28-13-15/h1,3-4,7-9,12-13H,2,5-6,10-11,14H2. The Balaban J connectivity index is 1.40. The van der Waals surface area contributed by atoms with Crippen LogP contribution in [0, 0.1) is 0 Å². The molecule has 4 heterocycles. The van der Waals surface area contributed by atoms with Crippen LogP contribution >= 0.6 is 23.1 Å². The van der Waals surface area contributed by atoms with Gasteiger partial charge in [0, 0.05) is 18.5 Å². The maximum Gasteiger partial charge on any atom is 0.258 e. The minimum Gasteiger partial charge on any atom is -0.341 e. The van der Waals surface area contributed by atoms with Crippen LogP contribution in [0.15, 0.2) is 56.8 Å². The Morgan fingerprint density at radius 1 is 1.03 bits per heavy atom. The molecular weight excluding hydrogens is 404 g/mol. The average Bonchev–Trinajstić information content (AvgIpc) is 3.54. The van der Waals surface area contributed by atoms with Crippen LogP contribution in [0.2, 0.25) is 0 Å². The van der Waals surface area contributed by atoms with Gasteiger partial charge >= 0.3 is 0 Å². The summed E-state index contributed by atoms with van der Waals surface area (Å²) in [5.74, 6) is 2.68. The van der Waals surface area contributed by atoms with Crippen LogP contribution < -0.4 is 4.90 Å². The van der Waals surface area contributed by atoms with Crippen molar-refractivity contribution in [2.75, 3.05) is 18.0 Å². The monoisotopic (exact) mass is 424 g/mol. The van der Waals surface area contributed by atoms with Gasteiger partial charge in [-0.1, -0.05) is 35.1 Å². The second kappa shape index (κ2) is 8.38. The van der Waals surface area contributed by atoms with Gasteiger partial charge in [-0.05, 0) is 42.8 Å². The van der Waals surface area contributed by atoms with Crippen molar-refractivity contribution in [1.29, 1.82) is 0 Å². The number of nitrogens with zero attached hydrogens (tertiary/aromatic N) is 6. The Morgan fingerprint density at radius 2 is 1.90 bits per heavy atom. The minimum absolute atomic E-state index is 0.556. The van der Waals surface area contributed by atoms with Gasteiger partial charge in [0.25, 0.3) is 5.89 Å². The number of anilines is 1. The molecule has 1 aliphatic rings. The SMILES string of the molecule is c1ccc(-n2c(SCc3noc(-c4ccsc4)n3)nnc2N2CCCCC2)cc1. The fourth-order valence-corrected chi connectivity index (χ4v) is 4.82. The van der Waals surface area contributed by atoms with Crippen molar-refractivity contribution in [2.45, 2.75) is 30.2 Å². The summed E-state index contributed by atoms with van der Waals surface area (Å²) in [5.41, 5.74) is 2.02. The van der Waals surface area contributed by atoms with Crippen molar-refractivity contribution in [1.82, 2.24) is 24.9 Å². The zero-order valence-corrected chi connectivity index (χ0v) is 17.4.